The van der Waals surface area contributed by atoms with Crippen LogP contribution in [-0.4, -0.2) is 10.9 Å². The van der Waals surface area contributed by atoms with Gasteiger partial charge in [-0.3, -0.25) is 4.79 Å². The second-order valence-corrected chi connectivity index (χ2v) is 5.99. The molecule has 21 heavy (non-hydrogen) atoms. The Kier molecular flexibility index (Phi) is 4.29. The van der Waals surface area contributed by atoms with E-state index in [2.05, 4.69) is 38.1 Å². The first-order chi connectivity index (χ1) is 9.82. The van der Waals surface area contributed by atoms with Crippen molar-refractivity contribution >= 4 is 5.78 Å². The minimum atomic E-state index is -1.42. The number of hydrogen-bond acceptors (Lipinski definition) is 2. The lowest BCUT2D eigenvalue weighted by molar-refractivity contribution is -0.134. The SMILES string of the molecule is CC(=O)C(C)(O)c1ccc(-c2cccc(C(C)C)c2)cc1. The van der Waals surface area contributed by atoms with E-state index in [0.29, 0.717) is 11.5 Å². The summed E-state index contributed by atoms with van der Waals surface area (Å²) in [6, 6.07) is 16.0. The molecule has 0 heterocycles. The summed E-state index contributed by atoms with van der Waals surface area (Å²) in [4.78, 5) is 11.5. The van der Waals surface area contributed by atoms with Crippen LogP contribution in [0.2, 0.25) is 0 Å². The molecule has 0 bridgehead atoms. The molecule has 0 aliphatic carbocycles. The molecule has 110 valence electrons. The van der Waals surface area contributed by atoms with Crippen molar-refractivity contribution in [1.29, 1.82) is 0 Å². The molecular weight excluding hydrogens is 260 g/mol. The third-order valence-electron chi connectivity index (χ3n) is 4.02. The van der Waals surface area contributed by atoms with Crippen molar-refractivity contribution in [3.05, 3.63) is 59.7 Å². The maximum absolute atomic E-state index is 11.5. The molecule has 0 spiro atoms. The van der Waals surface area contributed by atoms with Gasteiger partial charge in [0.1, 0.15) is 5.60 Å². The topological polar surface area (TPSA) is 37.3 Å². The van der Waals surface area contributed by atoms with Gasteiger partial charge in [-0.1, -0.05) is 62.4 Å². The van der Waals surface area contributed by atoms with E-state index >= 15 is 0 Å². The molecule has 0 radical (unpaired) electrons. The molecule has 0 amide bonds. The van der Waals surface area contributed by atoms with Gasteiger partial charge in [0.05, 0.1) is 0 Å². The predicted molar refractivity (Wildman–Crippen MR) is 86.2 cm³/mol. The van der Waals surface area contributed by atoms with Crippen molar-refractivity contribution in [3.63, 3.8) is 0 Å². The monoisotopic (exact) mass is 282 g/mol. The van der Waals surface area contributed by atoms with Crippen molar-refractivity contribution in [2.24, 2.45) is 0 Å². The lowest BCUT2D eigenvalue weighted by Gasteiger charge is -2.20. The lowest BCUT2D eigenvalue weighted by Crippen LogP contribution is -2.29. The zero-order valence-electron chi connectivity index (χ0n) is 13.1. The van der Waals surface area contributed by atoms with Gasteiger partial charge >= 0.3 is 0 Å². The summed E-state index contributed by atoms with van der Waals surface area (Å²) >= 11 is 0. The molecule has 0 aromatic heterocycles. The van der Waals surface area contributed by atoms with Gasteiger partial charge in [-0.05, 0) is 42.0 Å². The summed E-state index contributed by atoms with van der Waals surface area (Å²) < 4.78 is 0. The van der Waals surface area contributed by atoms with E-state index in [1.807, 2.05) is 24.3 Å². The van der Waals surface area contributed by atoms with Crippen LogP contribution in [0.5, 0.6) is 0 Å². The Morgan fingerprint density at radius 3 is 2.19 bits per heavy atom. The van der Waals surface area contributed by atoms with Crippen LogP contribution in [-0.2, 0) is 10.4 Å². The highest BCUT2D eigenvalue weighted by Gasteiger charge is 2.28. The van der Waals surface area contributed by atoms with Crippen molar-refractivity contribution in [3.8, 4) is 11.1 Å². The number of rotatable bonds is 4. The van der Waals surface area contributed by atoms with Crippen LogP contribution >= 0.6 is 0 Å². The zero-order valence-corrected chi connectivity index (χ0v) is 13.1. The summed E-state index contributed by atoms with van der Waals surface area (Å²) in [5.74, 6) is 0.236. The van der Waals surface area contributed by atoms with E-state index in [0.717, 1.165) is 11.1 Å². The highest BCUT2D eigenvalue weighted by Crippen LogP contribution is 2.27. The average molecular weight is 282 g/mol. The zero-order chi connectivity index (χ0) is 15.6. The van der Waals surface area contributed by atoms with Crippen LogP contribution in [0.1, 0.15) is 44.7 Å². The largest absolute Gasteiger partial charge is 0.378 e. The normalized spacial score (nSPS) is 14.0. The minimum Gasteiger partial charge on any atom is -0.378 e. The van der Waals surface area contributed by atoms with Gasteiger partial charge in [0, 0.05) is 0 Å². The molecule has 1 unspecified atom stereocenters. The Balaban J connectivity index is 2.35. The molecule has 2 heteroatoms. The van der Waals surface area contributed by atoms with Gasteiger partial charge in [-0.2, -0.15) is 0 Å². The van der Waals surface area contributed by atoms with Gasteiger partial charge in [0.25, 0.3) is 0 Å². The van der Waals surface area contributed by atoms with Crippen LogP contribution in [0, 0.1) is 0 Å². The summed E-state index contributed by atoms with van der Waals surface area (Å²) in [6.07, 6.45) is 0. The fourth-order valence-electron chi connectivity index (χ4n) is 2.27. The van der Waals surface area contributed by atoms with E-state index in [1.165, 1.54) is 19.4 Å². The number of aliphatic hydroxyl groups is 1. The fourth-order valence-corrected chi connectivity index (χ4v) is 2.27. The van der Waals surface area contributed by atoms with Crippen LogP contribution < -0.4 is 0 Å². The first-order valence-electron chi connectivity index (χ1n) is 7.26. The standard InChI is InChI=1S/C19H22O2/c1-13(2)16-6-5-7-17(12-16)15-8-10-18(11-9-15)19(4,21)14(3)20/h5-13,21H,1-4H3. The summed E-state index contributed by atoms with van der Waals surface area (Å²) in [5, 5.41) is 10.2. The maximum atomic E-state index is 11.5. The maximum Gasteiger partial charge on any atom is 0.165 e. The Bertz CT molecular complexity index is 637. The summed E-state index contributed by atoms with van der Waals surface area (Å²) in [7, 11) is 0. The van der Waals surface area contributed by atoms with E-state index in [1.54, 1.807) is 0 Å². The molecular formula is C19H22O2. The smallest absolute Gasteiger partial charge is 0.165 e. The van der Waals surface area contributed by atoms with Crippen molar-refractivity contribution < 1.29 is 9.90 Å². The predicted octanol–water partition coefficient (Wildman–Crippen LogP) is 4.27. The Hall–Kier alpha value is -1.93. The quantitative estimate of drug-likeness (QED) is 0.909. The Labute approximate surface area is 126 Å². The van der Waals surface area contributed by atoms with E-state index in [9.17, 15) is 9.90 Å². The van der Waals surface area contributed by atoms with Gasteiger partial charge < -0.3 is 5.11 Å². The lowest BCUT2D eigenvalue weighted by atomic mass is 9.90. The fraction of sp³-hybridized carbons (Fsp3) is 0.316. The van der Waals surface area contributed by atoms with Crippen molar-refractivity contribution in [2.75, 3.05) is 0 Å². The molecule has 0 saturated carbocycles. The van der Waals surface area contributed by atoms with Crippen molar-refractivity contribution in [1.82, 2.24) is 0 Å². The van der Waals surface area contributed by atoms with E-state index in [4.69, 9.17) is 0 Å². The number of carbonyl (C=O) groups excluding carboxylic acids is 1. The molecule has 0 aliphatic rings. The van der Waals surface area contributed by atoms with Crippen LogP contribution in [0.25, 0.3) is 11.1 Å². The Morgan fingerprint density at radius 1 is 1.05 bits per heavy atom. The molecule has 1 atom stereocenters. The molecule has 2 aromatic carbocycles. The third-order valence-corrected chi connectivity index (χ3v) is 4.02. The second kappa shape index (κ2) is 5.82. The van der Waals surface area contributed by atoms with E-state index < -0.39 is 5.60 Å². The first kappa shape index (κ1) is 15.5. The van der Waals surface area contributed by atoms with E-state index in [-0.39, 0.29) is 5.78 Å². The molecule has 0 fully saturated rings. The van der Waals surface area contributed by atoms with Crippen LogP contribution in [0.15, 0.2) is 48.5 Å². The number of Topliss-reactive ketones (excluding diaryl/α,β-unsaturated/α-hetero) is 1. The third kappa shape index (κ3) is 3.22. The summed E-state index contributed by atoms with van der Waals surface area (Å²) in [6.45, 7) is 7.28. The Morgan fingerprint density at radius 2 is 1.67 bits per heavy atom. The highest BCUT2D eigenvalue weighted by atomic mass is 16.3. The molecule has 1 N–H and O–H groups in total. The van der Waals surface area contributed by atoms with Crippen molar-refractivity contribution in [2.45, 2.75) is 39.2 Å². The van der Waals surface area contributed by atoms with Gasteiger partial charge in [-0.25, -0.2) is 0 Å². The molecule has 0 aliphatic heterocycles. The van der Waals surface area contributed by atoms with Crippen LogP contribution in [0.3, 0.4) is 0 Å². The molecule has 2 nitrogen and oxygen atoms in total. The molecule has 2 aromatic rings. The first-order valence-corrected chi connectivity index (χ1v) is 7.26. The number of hydrogen-bond donors (Lipinski definition) is 1. The molecule has 0 saturated heterocycles. The summed E-state index contributed by atoms with van der Waals surface area (Å²) in [5.41, 5.74) is 2.74. The van der Waals surface area contributed by atoms with Gasteiger partial charge in [0.2, 0.25) is 0 Å². The number of ketones is 1. The highest BCUT2D eigenvalue weighted by molar-refractivity contribution is 5.85. The molecule has 2 rings (SSSR count). The second-order valence-electron chi connectivity index (χ2n) is 5.99. The number of benzene rings is 2. The number of carbonyl (C=O) groups is 1. The average Bonchev–Trinajstić information content (AvgIpc) is 2.47. The van der Waals surface area contributed by atoms with Crippen LogP contribution in [0.4, 0.5) is 0 Å². The minimum absolute atomic E-state index is 0.253. The van der Waals surface area contributed by atoms with Gasteiger partial charge in [-0.15, -0.1) is 0 Å². The van der Waals surface area contributed by atoms with Gasteiger partial charge in [0.15, 0.2) is 5.78 Å².